The maximum atomic E-state index is 2.46. The summed E-state index contributed by atoms with van der Waals surface area (Å²) in [4.78, 5) is 2.46. The van der Waals surface area contributed by atoms with Crippen LogP contribution < -0.4 is 4.90 Å². The molecule has 37 heavy (non-hydrogen) atoms. The fourth-order valence-corrected chi connectivity index (χ4v) is 7.03. The predicted octanol–water partition coefficient (Wildman–Crippen LogP) is 10.6. The SMILES string of the molecule is Cc1cccc(N(c2ccc(C(C)(C)C)cc2)c2csc3c4c(ccc23)C(C)(C)c2ccccc2-4)c1C. The molecule has 0 spiro atoms. The topological polar surface area (TPSA) is 3.24 Å². The minimum Gasteiger partial charge on any atom is -0.309 e. The van der Waals surface area contributed by atoms with Crippen LogP contribution in [0.15, 0.2) is 84.2 Å². The molecule has 0 saturated carbocycles. The summed E-state index contributed by atoms with van der Waals surface area (Å²) in [5.41, 5.74) is 13.5. The average molecular weight is 502 g/mol. The highest BCUT2D eigenvalue weighted by molar-refractivity contribution is 7.18. The molecule has 0 atom stereocenters. The maximum Gasteiger partial charge on any atom is 0.0647 e. The summed E-state index contributed by atoms with van der Waals surface area (Å²) in [6, 6.07) is 29.5. The number of aryl methyl sites for hydroxylation is 1. The van der Waals surface area contributed by atoms with Crippen LogP contribution in [0.1, 0.15) is 62.4 Å². The maximum absolute atomic E-state index is 2.46. The first kappa shape index (κ1) is 24.0. The quantitative estimate of drug-likeness (QED) is 0.238. The van der Waals surface area contributed by atoms with Gasteiger partial charge in [0, 0.05) is 37.8 Å². The van der Waals surface area contributed by atoms with E-state index in [0.717, 1.165) is 0 Å². The Balaban J connectivity index is 1.60. The minimum atomic E-state index is 0.0138. The number of thiophene rings is 1. The zero-order valence-electron chi connectivity index (χ0n) is 22.9. The molecule has 0 aliphatic heterocycles. The number of rotatable bonds is 3. The van der Waals surface area contributed by atoms with E-state index < -0.39 is 0 Å². The molecule has 0 bridgehead atoms. The molecular formula is C35H35NS. The van der Waals surface area contributed by atoms with Crippen molar-refractivity contribution in [3.8, 4) is 11.1 Å². The van der Waals surface area contributed by atoms with Gasteiger partial charge in [-0.25, -0.2) is 0 Å². The Morgan fingerprint density at radius 2 is 1.46 bits per heavy atom. The summed E-state index contributed by atoms with van der Waals surface area (Å²) >= 11 is 1.88. The van der Waals surface area contributed by atoms with Gasteiger partial charge in [-0.3, -0.25) is 0 Å². The average Bonchev–Trinajstić information content (AvgIpc) is 3.39. The number of hydrogen-bond acceptors (Lipinski definition) is 2. The summed E-state index contributed by atoms with van der Waals surface area (Å²) in [5, 5.41) is 3.68. The Labute approximate surface area is 225 Å². The molecule has 0 amide bonds. The molecule has 0 radical (unpaired) electrons. The molecule has 0 saturated heterocycles. The van der Waals surface area contributed by atoms with Crippen LogP contribution >= 0.6 is 11.3 Å². The van der Waals surface area contributed by atoms with E-state index in [0.29, 0.717) is 0 Å². The van der Waals surface area contributed by atoms with E-state index in [1.165, 1.54) is 66.1 Å². The van der Waals surface area contributed by atoms with Crippen LogP contribution in [0.2, 0.25) is 0 Å². The molecule has 5 aromatic rings. The van der Waals surface area contributed by atoms with Crippen molar-refractivity contribution in [2.45, 2.75) is 59.3 Å². The summed E-state index contributed by atoms with van der Waals surface area (Å²) < 4.78 is 1.38. The Morgan fingerprint density at radius 3 is 2.19 bits per heavy atom. The van der Waals surface area contributed by atoms with Crippen LogP contribution in [0.25, 0.3) is 21.2 Å². The third-order valence-electron chi connectivity index (χ3n) is 8.31. The van der Waals surface area contributed by atoms with Crippen molar-refractivity contribution < 1.29 is 0 Å². The molecule has 1 aliphatic carbocycles. The second kappa shape index (κ2) is 8.33. The second-order valence-corrected chi connectivity index (χ2v) is 12.9. The number of nitrogens with zero attached hydrogens (tertiary/aromatic N) is 1. The molecule has 1 nitrogen and oxygen atoms in total. The van der Waals surface area contributed by atoms with Crippen LogP contribution in [0, 0.1) is 13.8 Å². The third-order valence-corrected chi connectivity index (χ3v) is 9.32. The van der Waals surface area contributed by atoms with Crippen molar-refractivity contribution in [2.75, 3.05) is 4.90 Å². The van der Waals surface area contributed by atoms with E-state index >= 15 is 0 Å². The van der Waals surface area contributed by atoms with Crippen LogP contribution in [0.3, 0.4) is 0 Å². The molecule has 1 heterocycles. The van der Waals surface area contributed by atoms with Gasteiger partial charge in [-0.1, -0.05) is 95.3 Å². The first-order chi connectivity index (χ1) is 17.6. The highest BCUT2D eigenvalue weighted by Gasteiger charge is 2.37. The summed E-state index contributed by atoms with van der Waals surface area (Å²) in [7, 11) is 0. The zero-order valence-corrected chi connectivity index (χ0v) is 23.8. The van der Waals surface area contributed by atoms with Gasteiger partial charge >= 0.3 is 0 Å². The fourth-order valence-electron chi connectivity index (χ4n) is 5.93. The van der Waals surface area contributed by atoms with Gasteiger partial charge in [0.2, 0.25) is 0 Å². The van der Waals surface area contributed by atoms with E-state index in [1.807, 2.05) is 11.3 Å². The van der Waals surface area contributed by atoms with Crippen LogP contribution in [-0.2, 0) is 10.8 Å². The van der Waals surface area contributed by atoms with Gasteiger partial charge in [-0.15, -0.1) is 11.3 Å². The normalized spacial score (nSPS) is 14.0. The lowest BCUT2D eigenvalue weighted by Gasteiger charge is -2.28. The van der Waals surface area contributed by atoms with Gasteiger partial charge in [0.25, 0.3) is 0 Å². The van der Waals surface area contributed by atoms with Crippen molar-refractivity contribution in [3.05, 3.63) is 112 Å². The second-order valence-electron chi connectivity index (χ2n) is 12.0. The molecule has 0 N–H and O–H groups in total. The van der Waals surface area contributed by atoms with Crippen LogP contribution in [0.5, 0.6) is 0 Å². The Hall–Kier alpha value is -3.36. The zero-order chi connectivity index (χ0) is 26.1. The third kappa shape index (κ3) is 3.65. The van der Waals surface area contributed by atoms with E-state index in [2.05, 4.69) is 138 Å². The predicted molar refractivity (Wildman–Crippen MR) is 162 cm³/mol. The Morgan fingerprint density at radius 1 is 0.730 bits per heavy atom. The number of benzene rings is 4. The fraction of sp³-hybridized carbons (Fsp3) is 0.257. The van der Waals surface area contributed by atoms with E-state index in [4.69, 9.17) is 0 Å². The van der Waals surface area contributed by atoms with Crippen LogP contribution in [0.4, 0.5) is 17.1 Å². The summed E-state index contributed by atoms with van der Waals surface area (Å²) in [5.74, 6) is 0. The van der Waals surface area contributed by atoms with Gasteiger partial charge in [0.1, 0.15) is 0 Å². The highest BCUT2D eigenvalue weighted by Crippen LogP contribution is 2.54. The standard InChI is InChI=1S/C35H35NS/c1-22-11-10-14-30(23(22)2)36(25-17-15-24(16-18-25)34(3,4)5)31-21-37-33-27(31)19-20-29-32(33)26-12-8-9-13-28(26)35(29,6)7/h8-21H,1-7H3. The van der Waals surface area contributed by atoms with Crippen molar-refractivity contribution in [1.29, 1.82) is 0 Å². The lowest BCUT2D eigenvalue weighted by atomic mass is 9.82. The van der Waals surface area contributed by atoms with Gasteiger partial charge in [-0.05, 0) is 70.8 Å². The Bertz CT molecular complexity index is 1640. The smallest absolute Gasteiger partial charge is 0.0647 e. The summed E-state index contributed by atoms with van der Waals surface area (Å²) in [6.45, 7) is 16.0. The minimum absolute atomic E-state index is 0.0138. The first-order valence-electron chi connectivity index (χ1n) is 13.2. The molecule has 0 unspecified atom stereocenters. The van der Waals surface area contributed by atoms with E-state index in [9.17, 15) is 0 Å². The lowest BCUT2D eigenvalue weighted by Crippen LogP contribution is -2.15. The molecule has 4 aromatic carbocycles. The molecule has 2 heteroatoms. The van der Waals surface area contributed by atoms with Crippen molar-refractivity contribution in [3.63, 3.8) is 0 Å². The molecule has 1 aromatic heterocycles. The number of anilines is 3. The van der Waals surface area contributed by atoms with Gasteiger partial charge in [0.05, 0.1) is 5.69 Å². The first-order valence-corrected chi connectivity index (χ1v) is 14.1. The lowest BCUT2D eigenvalue weighted by molar-refractivity contribution is 0.590. The van der Waals surface area contributed by atoms with Crippen molar-refractivity contribution in [1.82, 2.24) is 0 Å². The van der Waals surface area contributed by atoms with E-state index in [1.54, 1.807) is 0 Å². The molecule has 186 valence electrons. The van der Waals surface area contributed by atoms with Gasteiger partial charge < -0.3 is 4.90 Å². The largest absolute Gasteiger partial charge is 0.309 e. The van der Waals surface area contributed by atoms with Crippen molar-refractivity contribution >= 4 is 38.5 Å². The number of fused-ring (bicyclic) bond motifs is 5. The number of hydrogen-bond donors (Lipinski definition) is 0. The summed E-state index contributed by atoms with van der Waals surface area (Å²) in [6.07, 6.45) is 0. The molecular weight excluding hydrogens is 466 g/mol. The van der Waals surface area contributed by atoms with E-state index in [-0.39, 0.29) is 10.8 Å². The molecule has 0 fully saturated rings. The van der Waals surface area contributed by atoms with Crippen molar-refractivity contribution in [2.24, 2.45) is 0 Å². The molecule has 1 aliphatic rings. The monoisotopic (exact) mass is 501 g/mol. The van der Waals surface area contributed by atoms with Gasteiger partial charge in [-0.2, -0.15) is 0 Å². The van der Waals surface area contributed by atoms with Gasteiger partial charge in [0.15, 0.2) is 0 Å². The van der Waals surface area contributed by atoms with Crippen LogP contribution in [-0.4, -0.2) is 0 Å². The Kier molecular flexibility index (Phi) is 5.40. The molecule has 6 rings (SSSR count). The highest BCUT2D eigenvalue weighted by atomic mass is 32.1.